The van der Waals surface area contributed by atoms with Gasteiger partial charge in [0.15, 0.2) is 0 Å². The molecule has 1 aliphatic rings. The number of nitrogen functional groups attached to an aromatic ring is 1. The first-order valence-corrected chi connectivity index (χ1v) is 7.02. The van der Waals surface area contributed by atoms with Gasteiger partial charge in [0.1, 0.15) is 10.9 Å². The van der Waals surface area contributed by atoms with Crippen molar-refractivity contribution >= 4 is 28.8 Å². The fourth-order valence-corrected chi connectivity index (χ4v) is 2.75. The minimum absolute atomic E-state index is 0.189. The van der Waals surface area contributed by atoms with Crippen molar-refractivity contribution in [2.24, 2.45) is 0 Å². The number of rotatable bonds is 3. The molecule has 1 unspecified atom stereocenters. The molecule has 1 atom stereocenters. The number of thiophene rings is 1. The summed E-state index contributed by atoms with van der Waals surface area (Å²) >= 11 is 1.29. The number of amides is 2. The third-order valence-electron chi connectivity index (χ3n) is 2.93. The van der Waals surface area contributed by atoms with Crippen LogP contribution in [-0.4, -0.2) is 49.1 Å². The number of ether oxygens (including phenoxy) is 1. The highest BCUT2D eigenvalue weighted by atomic mass is 32.1. The van der Waals surface area contributed by atoms with Gasteiger partial charge in [0.2, 0.25) is 5.91 Å². The van der Waals surface area contributed by atoms with Gasteiger partial charge in [-0.3, -0.25) is 9.59 Å². The Morgan fingerprint density at radius 1 is 1.63 bits per heavy atom. The van der Waals surface area contributed by atoms with Crippen molar-refractivity contribution in [2.75, 3.05) is 32.0 Å². The molecule has 6 nitrogen and oxygen atoms in total. The number of anilines is 1. The Labute approximate surface area is 115 Å². The van der Waals surface area contributed by atoms with Crippen LogP contribution in [0.4, 0.5) is 5.69 Å². The van der Waals surface area contributed by atoms with Gasteiger partial charge in [-0.25, -0.2) is 0 Å². The standard InChI is InChI=1S/C12H17N3O3S/c1-2-14-11(16)9-7-18-5-4-15(9)12(17)10-8(13)3-6-19-10/h3,6,9H,2,4-5,7,13H2,1H3,(H,14,16). The Balaban J connectivity index is 2.18. The summed E-state index contributed by atoms with van der Waals surface area (Å²) in [6.45, 7) is 3.43. The van der Waals surface area contributed by atoms with Crippen molar-refractivity contribution in [1.82, 2.24) is 10.2 Å². The zero-order chi connectivity index (χ0) is 13.8. The molecule has 0 radical (unpaired) electrons. The molecule has 1 aromatic rings. The normalized spacial score (nSPS) is 19.2. The number of hydrogen-bond acceptors (Lipinski definition) is 5. The van der Waals surface area contributed by atoms with Gasteiger partial charge < -0.3 is 20.7 Å². The molecule has 0 spiro atoms. The smallest absolute Gasteiger partial charge is 0.266 e. The number of nitrogens with zero attached hydrogens (tertiary/aromatic N) is 1. The predicted molar refractivity (Wildman–Crippen MR) is 73.1 cm³/mol. The summed E-state index contributed by atoms with van der Waals surface area (Å²) in [6, 6.07) is 1.11. The van der Waals surface area contributed by atoms with Crippen LogP contribution in [0, 0.1) is 0 Å². The van der Waals surface area contributed by atoms with E-state index in [1.54, 1.807) is 11.4 Å². The second-order valence-corrected chi connectivity index (χ2v) is 5.11. The molecule has 1 aromatic heterocycles. The lowest BCUT2D eigenvalue weighted by Crippen LogP contribution is -2.55. The third kappa shape index (κ3) is 2.87. The number of likely N-dealkylation sites (N-methyl/N-ethyl adjacent to an activating group) is 1. The summed E-state index contributed by atoms with van der Waals surface area (Å²) in [5.74, 6) is -0.391. The largest absolute Gasteiger partial charge is 0.397 e. The minimum Gasteiger partial charge on any atom is -0.397 e. The SMILES string of the molecule is CCNC(=O)C1COCCN1C(=O)c1sccc1N. The molecule has 1 saturated heterocycles. The summed E-state index contributed by atoms with van der Waals surface area (Å²) in [4.78, 5) is 26.4. The molecule has 2 rings (SSSR count). The van der Waals surface area contributed by atoms with Gasteiger partial charge in [-0.1, -0.05) is 0 Å². The average Bonchev–Trinajstić information content (AvgIpc) is 2.84. The molecule has 0 aromatic carbocycles. The van der Waals surface area contributed by atoms with E-state index in [9.17, 15) is 9.59 Å². The summed E-state index contributed by atoms with van der Waals surface area (Å²) in [5.41, 5.74) is 6.21. The fraction of sp³-hybridized carbons (Fsp3) is 0.500. The molecule has 2 heterocycles. The van der Waals surface area contributed by atoms with E-state index >= 15 is 0 Å². The second-order valence-electron chi connectivity index (χ2n) is 4.19. The average molecular weight is 283 g/mol. The quantitative estimate of drug-likeness (QED) is 0.836. The number of morpholine rings is 1. The number of nitrogens with one attached hydrogen (secondary N) is 1. The van der Waals surface area contributed by atoms with Crippen LogP contribution < -0.4 is 11.1 Å². The van der Waals surface area contributed by atoms with Crippen molar-refractivity contribution in [1.29, 1.82) is 0 Å². The second kappa shape index (κ2) is 6.03. The highest BCUT2D eigenvalue weighted by Crippen LogP contribution is 2.23. The zero-order valence-corrected chi connectivity index (χ0v) is 11.5. The number of hydrogen-bond donors (Lipinski definition) is 2. The van der Waals surface area contributed by atoms with E-state index in [1.807, 2.05) is 6.92 Å². The molecule has 0 aliphatic carbocycles. The monoisotopic (exact) mass is 283 g/mol. The topological polar surface area (TPSA) is 84.7 Å². The molecule has 0 bridgehead atoms. The lowest BCUT2D eigenvalue weighted by molar-refractivity contribution is -0.130. The van der Waals surface area contributed by atoms with Gasteiger partial charge >= 0.3 is 0 Å². The van der Waals surface area contributed by atoms with Crippen LogP contribution in [-0.2, 0) is 9.53 Å². The first-order valence-electron chi connectivity index (χ1n) is 6.14. The Bertz CT molecular complexity index is 475. The Hall–Kier alpha value is -1.60. The van der Waals surface area contributed by atoms with Crippen LogP contribution in [0.2, 0.25) is 0 Å². The zero-order valence-electron chi connectivity index (χ0n) is 10.7. The highest BCUT2D eigenvalue weighted by molar-refractivity contribution is 7.12. The van der Waals surface area contributed by atoms with Gasteiger partial charge in [0, 0.05) is 13.1 Å². The summed E-state index contributed by atoms with van der Waals surface area (Å²) in [7, 11) is 0. The van der Waals surface area contributed by atoms with Crippen molar-refractivity contribution in [3.63, 3.8) is 0 Å². The molecule has 2 amide bonds. The van der Waals surface area contributed by atoms with E-state index in [4.69, 9.17) is 10.5 Å². The van der Waals surface area contributed by atoms with Crippen molar-refractivity contribution in [2.45, 2.75) is 13.0 Å². The van der Waals surface area contributed by atoms with Crippen molar-refractivity contribution < 1.29 is 14.3 Å². The van der Waals surface area contributed by atoms with Gasteiger partial charge in [-0.2, -0.15) is 0 Å². The lowest BCUT2D eigenvalue weighted by Gasteiger charge is -2.34. The molecular formula is C12H17N3O3S. The van der Waals surface area contributed by atoms with E-state index < -0.39 is 6.04 Å². The van der Waals surface area contributed by atoms with Gasteiger partial charge in [-0.15, -0.1) is 11.3 Å². The van der Waals surface area contributed by atoms with Crippen LogP contribution in [0.5, 0.6) is 0 Å². The fourth-order valence-electron chi connectivity index (χ4n) is 1.98. The maximum atomic E-state index is 12.4. The van der Waals surface area contributed by atoms with E-state index in [0.29, 0.717) is 30.3 Å². The predicted octanol–water partition coefficient (Wildman–Crippen LogP) is 0.307. The van der Waals surface area contributed by atoms with E-state index in [-0.39, 0.29) is 18.4 Å². The summed E-state index contributed by atoms with van der Waals surface area (Å²) < 4.78 is 5.29. The van der Waals surface area contributed by atoms with E-state index in [1.165, 1.54) is 16.2 Å². The highest BCUT2D eigenvalue weighted by Gasteiger charge is 2.34. The molecule has 104 valence electrons. The van der Waals surface area contributed by atoms with Crippen LogP contribution in [0.1, 0.15) is 16.6 Å². The Morgan fingerprint density at radius 2 is 2.42 bits per heavy atom. The first-order chi connectivity index (χ1) is 9.15. The van der Waals surface area contributed by atoms with E-state index in [0.717, 1.165) is 0 Å². The summed E-state index contributed by atoms with van der Waals surface area (Å²) in [5, 5.41) is 4.49. The van der Waals surface area contributed by atoms with E-state index in [2.05, 4.69) is 5.32 Å². The molecule has 1 fully saturated rings. The van der Waals surface area contributed by atoms with Gasteiger partial charge in [-0.05, 0) is 18.4 Å². The number of nitrogens with two attached hydrogens (primary N) is 1. The summed E-state index contributed by atoms with van der Waals surface area (Å²) in [6.07, 6.45) is 0. The molecule has 7 heteroatoms. The van der Waals surface area contributed by atoms with Crippen LogP contribution in [0.25, 0.3) is 0 Å². The van der Waals surface area contributed by atoms with Crippen LogP contribution in [0.3, 0.4) is 0 Å². The Morgan fingerprint density at radius 3 is 3.05 bits per heavy atom. The first kappa shape index (κ1) is 13.8. The minimum atomic E-state index is -0.581. The molecule has 0 saturated carbocycles. The van der Waals surface area contributed by atoms with Crippen LogP contribution >= 0.6 is 11.3 Å². The number of carbonyl (C=O) groups excluding carboxylic acids is 2. The maximum absolute atomic E-state index is 12.4. The molecule has 3 N–H and O–H groups in total. The molecule has 1 aliphatic heterocycles. The maximum Gasteiger partial charge on any atom is 0.266 e. The lowest BCUT2D eigenvalue weighted by atomic mass is 10.2. The number of carbonyl (C=O) groups is 2. The molecule has 19 heavy (non-hydrogen) atoms. The molecular weight excluding hydrogens is 266 g/mol. The Kier molecular flexibility index (Phi) is 4.39. The van der Waals surface area contributed by atoms with Gasteiger partial charge in [0.25, 0.3) is 5.91 Å². The van der Waals surface area contributed by atoms with Crippen molar-refractivity contribution in [3.05, 3.63) is 16.3 Å². The van der Waals surface area contributed by atoms with Gasteiger partial charge in [0.05, 0.1) is 18.9 Å². The van der Waals surface area contributed by atoms with Crippen LogP contribution in [0.15, 0.2) is 11.4 Å². The van der Waals surface area contributed by atoms with Crippen molar-refractivity contribution in [3.8, 4) is 0 Å². The third-order valence-corrected chi connectivity index (χ3v) is 3.85.